The highest BCUT2D eigenvalue weighted by molar-refractivity contribution is 7.92. The molecule has 1 atom stereocenters. The molecule has 2 N–H and O–H groups in total. The lowest BCUT2D eigenvalue weighted by Crippen LogP contribution is -2.17. The van der Waals surface area contributed by atoms with Crippen molar-refractivity contribution in [1.29, 1.82) is 0 Å². The Bertz CT molecular complexity index is 1350. The molecular weight excluding hydrogens is 479 g/mol. The molecule has 10 heteroatoms. The number of fused-ring (bicyclic) bond motifs is 6. The SMILES string of the molecule is COc1c2cc(c(F)c1Cl)C(O)CCCc1ccccc1-c1cc(c(F)cc1F)NS2(=O)=O. The maximum absolute atomic E-state index is 14.9. The third kappa shape index (κ3) is 4.28. The van der Waals surface area contributed by atoms with Crippen LogP contribution in [0.25, 0.3) is 11.1 Å². The van der Waals surface area contributed by atoms with Crippen LogP contribution in [-0.4, -0.2) is 20.6 Å². The number of sulfonamides is 1. The first-order valence-electron chi connectivity index (χ1n) is 9.98. The van der Waals surface area contributed by atoms with Gasteiger partial charge in [0.15, 0.2) is 11.6 Å². The molecule has 0 aromatic heterocycles. The van der Waals surface area contributed by atoms with Crippen LogP contribution in [-0.2, 0) is 16.4 Å². The summed E-state index contributed by atoms with van der Waals surface area (Å²) in [5.74, 6) is -3.52. The summed E-state index contributed by atoms with van der Waals surface area (Å²) in [6, 6.07) is 9.39. The highest BCUT2D eigenvalue weighted by Gasteiger charge is 2.30. The van der Waals surface area contributed by atoms with Crippen LogP contribution >= 0.6 is 11.6 Å². The van der Waals surface area contributed by atoms with Crippen molar-refractivity contribution in [2.75, 3.05) is 11.8 Å². The van der Waals surface area contributed by atoms with Crippen molar-refractivity contribution in [3.05, 3.63) is 76.1 Å². The van der Waals surface area contributed by atoms with E-state index in [2.05, 4.69) is 4.72 Å². The third-order valence-corrected chi connectivity index (χ3v) is 7.25. The summed E-state index contributed by atoms with van der Waals surface area (Å²) >= 11 is 6.02. The molecule has 0 fully saturated rings. The first-order valence-corrected chi connectivity index (χ1v) is 11.8. The Morgan fingerprint density at radius 1 is 1.09 bits per heavy atom. The molecule has 3 aromatic carbocycles. The molecule has 1 aliphatic rings. The summed E-state index contributed by atoms with van der Waals surface area (Å²) in [5.41, 5.74) is 0.323. The molecule has 0 spiro atoms. The fourth-order valence-corrected chi connectivity index (χ4v) is 5.52. The molecule has 0 saturated carbocycles. The van der Waals surface area contributed by atoms with Crippen molar-refractivity contribution in [1.82, 2.24) is 0 Å². The van der Waals surface area contributed by atoms with Crippen molar-refractivity contribution in [3.63, 3.8) is 0 Å². The van der Waals surface area contributed by atoms with Crippen LogP contribution in [0.1, 0.15) is 30.1 Å². The summed E-state index contributed by atoms with van der Waals surface area (Å²) in [6.07, 6.45) is -0.512. The first-order chi connectivity index (χ1) is 15.6. The van der Waals surface area contributed by atoms with E-state index in [1.54, 1.807) is 24.3 Å². The normalized spacial score (nSPS) is 17.5. The summed E-state index contributed by atoms with van der Waals surface area (Å²) in [5, 5.41) is 9.98. The molecule has 0 radical (unpaired) electrons. The van der Waals surface area contributed by atoms with Crippen LogP contribution in [0.5, 0.6) is 5.75 Å². The van der Waals surface area contributed by atoms with E-state index in [4.69, 9.17) is 16.3 Å². The minimum Gasteiger partial charge on any atom is -0.494 e. The summed E-state index contributed by atoms with van der Waals surface area (Å²) in [6.45, 7) is 0. The Hall–Kier alpha value is -2.75. The number of aliphatic hydroxyl groups is 1. The van der Waals surface area contributed by atoms with Gasteiger partial charge in [-0.15, -0.1) is 0 Å². The number of rotatable bonds is 1. The molecule has 1 aliphatic heterocycles. The lowest BCUT2D eigenvalue weighted by Gasteiger charge is -2.20. The number of methoxy groups -OCH3 is 1. The maximum Gasteiger partial charge on any atom is 0.265 e. The Morgan fingerprint density at radius 2 is 1.82 bits per heavy atom. The molecule has 3 aromatic rings. The van der Waals surface area contributed by atoms with E-state index < -0.39 is 54.9 Å². The molecule has 4 bridgehead atoms. The Balaban J connectivity index is 1.99. The van der Waals surface area contributed by atoms with Crippen LogP contribution in [0.4, 0.5) is 18.9 Å². The first kappa shape index (κ1) is 23.4. The topological polar surface area (TPSA) is 75.6 Å². The van der Waals surface area contributed by atoms with Gasteiger partial charge < -0.3 is 9.84 Å². The fourth-order valence-electron chi connectivity index (χ4n) is 3.91. The number of hydrogen-bond acceptors (Lipinski definition) is 4. The molecule has 5 nitrogen and oxygen atoms in total. The van der Waals surface area contributed by atoms with E-state index in [0.29, 0.717) is 30.0 Å². The number of nitrogens with one attached hydrogen (secondary N) is 1. The van der Waals surface area contributed by atoms with Crippen molar-refractivity contribution < 1.29 is 31.4 Å². The van der Waals surface area contributed by atoms with Gasteiger partial charge in [-0.3, -0.25) is 4.72 Å². The average Bonchev–Trinajstić information content (AvgIpc) is 2.77. The Kier molecular flexibility index (Phi) is 6.30. The summed E-state index contributed by atoms with van der Waals surface area (Å²) < 4.78 is 77.6. The lowest BCUT2D eigenvalue weighted by molar-refractivity contribution is 0.159. The van der Waals surface area contributed by atoms with Crippen LogP contribution in [0.3, 0.4) is 0 Å². The fraction of sp³-hybridized carbons (Fsp3) is 0.217. The lowest BCUT2D eigenvalue weighted by atomic mass is 9.94. The predicted molar refractivity (Wildman–Crippen MR) is 118 cm³/mol. The second kappa shape index (κ2) is 8.89. The Labute approximate surface area is 193 Å². The zero-order valence-electron chi connectivity index (χ0n) is 17.3. The standard InChI is InChI=1S/C23H19ClF3NO4S/c1-32-23-20-10-15(22(27)21(23)24)19(29)8-4-6-12-5-2-3-7-13(12)14-9-18(28-33(20,30)31)17(26)11-16(14)25/h2-3,5,7,9-11,19,28-29H,4,6,8H2,1H3. The molecule has 0 aliphatic carbocycles. The van der Waals surface area contributed by atoms with Gasteiger partial charge in [0.05, 0.1) is 18.9 Å². The minimum absolute atomic E-state index is 0.00657. The Morgan fingerprint density at radius 3 is 2.55 bits per heavy atom. The smallest absolute Gasteiger partial charge is 0.265 e. The highest BCUT2D eigenvalue weighted by Crippen LogP contribution is 2.41. The average molecular weight is 498 g/mol. The number of ether oxygens (including phenoxy) is 1. The zero-order valence-corrected chi connectivity index (χ0v) is 18.9. The van der Waals surface area contributed by atoms with Crippen LogP contribution < -0.4 is 9.46 Å². The van der Waals surface area contributed by atoms with Gasteiger partial charge in [-0.2, -0.15) is 0 Å². The number of halogens is 4. The van der Waals surface area contributed by atoms with Gasteiger partial charge >= 0.3 is 0 Å². The second-order valence-electron chi connectivity index (χ2n) is 7.61. The van der Waals surface area contributed by atoms with Gasteiger partial charge in [0.2, 0.25) is 0 Å². The van der Waals surface area contributed by atoms with Gasteiger partial charge in [0.25, 0.3) is 10.0 Å². The largest absolute Gasteiger partial charge is 0.494 e. The molecular formula is C23H19ClF3NO4S. The maximum atomic E-state index is 14.9. The second-order valence-corrected chi connectivity index (χ2v) is 9.64. The number of aliphatic hydroxyl groups excluding tert-OH is 1. The number of anilines is 1. The zero-order chi connectivity index (χ0) is 23.9. The monoisotopic (exact) mass is 497 g/mol. The van der Waals surface area contributed by atoms with Crippen LogP contribution in [0.2, 0.25) is 5.02 Å². The van der Waals surface area contributed by atoms with Gasteiger partial charge in [-0.05, 0) is 42.5 Å². The van der Waals surface area contributed by atoms with E-state index in [9.17, 15) is 26.7 Å². The van der Waals surface area contributed by atoms with Gasteiger partial charge in [-0.1, -0.05) is 35.9 Å². The van der Waals surface area contributed by atoms with Gasteiger partial charge in [0, 0.05) is 17.2 Å². The van der Waals surface area contributed by atoms with E-state index in [0.717, 1.165) is 19.2 Å². The number of benzene rings is 3. The molecule has 174 valence electrons. The van der Waals surface area contributed by atoms with Crippen molar-refractivity contribution in [2.24, 2.45) is 0 Å². The van der Waals surface area contributed by atoms with Gasteiger partial charge in [-0.25, -0.2) is 21.6 Å². The van der Waals surface area contributed by atoms with Crippen molar-refractivity contribution in [2.45, 2.75) is 30.3 Å². The predicted octanol–water partition coefficient (Wildman–Crippen LogP) is 5.60. The number of hydrogen-bond donors (Lipinski definition) is 2. The summed E-state index contributed by atoms with van der Waals surface area (Å²) in [7, 11) is -3.49. The van der Waals surface area contributed by atoms with Crippen molar-refractivity contribution in [3.8, 4) is 16.9 Å². The van der Waals surface area contributed by atoms with Gasteiger partial charge in [0.1, 0.15) is 21.6 Å². The van der Waals surface area contributed by atoms with E-state index in [1.807, 2.05) is 0 Å². The van der Waals surface area contributed by atoms with E-state index in [-0.39, 0.29) is 17.5 Å². The third-order valence-electron chi connectivity index (χ3n) is 5.54. The molecule has 1 unspecified atom stereocenters. The number of aryl methyl sites for hydroxylation is 1. The highest BCUT2D eigenvalue weighted by atomic mass is 35.5. The molecule has 0 saturated heterocycles. The molecule has 0 amide bonds. The van der Waals surface area contributed by atoms with Crippen molar-refractivity contribution >= 4 is 27.3 Å². The van der Waals surface area contributed by atoms with Crippen LogP contribution in [0.15, 0.2) is 47.4 Å². The quantitative estimate of drug-likeness (QED) is 0.458. The van der Waals surface area contributed by atoms with Crippen LogP contribution in [0, 0.1) is 17.5 Å². The minimum atomic E-state index is -4.59. The molecule has 33 heavy (non-hydrogen) atoms. The van der Waals surface area contributed by atoms with E-state index in [1.165, 1.54) is 0 Å². The summed E-state index contributed by atoms with van der Waals surface area (Å²) in [4.78, 5) is -0.590. The molecule has 1 heterocycles. The molecule has 4 rings (SSSR count). The van der Waals surface area contributed by atoms with E-state index >= 15 is 0 Å².